The molecular formula is C25H27N3O3. The molecule has 160 valence electrons. The topological polar surface area (TPSA) is 71.5 Å². The molecule has 0 aliphatic rings. The van der Waals surface area contributed by atoms with Crippen molar-refractivity contribution in [2.45, 2.75) is 32.5 Å². The number of benzene rings is 2. The van der Waals surface area contributed by atoms with Crippen molar-refractivity contribution in [1.29, 1.82) is 0 Å². The Kier molecular flexibility index (Phi) is 7.76. The van der Waals surface area contributed by atoms with Gasteiger partial charge in [-0.2, -0.15) is 0 Å². The normalized spacial score (nSPS) is 11.4. The summed E-state index contributed by atoms with van der Waals surface area (Å²) in [7, 11) is 1.61. The van der Waals surface area contributed by atoms with Gasteiger partial charge in [-0.05, 0) is 35.4 Å². The summed E-state index contributed by atoms with van der Waals surface area (Å²) < 4.78 is 5.22. The molecule has 6 nitrogen and oxygen atoms in total. The minimum Gasteiger partial charge on any atom is -0.497 e. The van der Waals surface area contributed by atoms with Crippen LogP contribution < -0.4 is 10.1 Å². The van der Waals surface area contributed by atoms with Crippen LogP contribution in [0.2, 0.25) is 0 Å². The van der Waals surface area contributed by atoms with Crippen LogP contribution in [0.5, 0.6) is 5.75 Å². The molecule has 0 bridgehead atoms. The molecule has 1 aromatic heterocycles. The molecular weight excluding hydrogens is 390 g/mol. The van der Waals surface area contributed by atoms with Gasteiger partial charge in [0.15, 0.2) is 0 Å². The fraction of sp³-hybridized carbons (Fsp3) is 0.240. The molecule has 0 saturated heterocycles. The van der Waals surface area contributed by atoms with Crippen molar-refractivity contribution in [2.24, 2.45) is 0 Å². The van der Waals surface area contributed by atoms with Gasteiger partial charge in [-0.1, -0.05) is 55.5 Å². The quantitative estimate of drug-likeness (QED) is 0.573. The lowest BCUT2D eigenvalue weighted by atomic mass is 10.0. The Morgan fingerprint density at radius 3 is 2.32 bits per heavy atom. The molecule has 0 radical (unpaired) electrons. The van der Waals surface area contributed by atoms with Crippen molar-refractivity contribution >= 4 is 11.8 Å². The van der Waals surface area contributed by atoms with Crippen LogP contribution in [0.4, 0.5) is 0 Å². The Hall–Kier alpha value is -3.67. The molecule has 3 rings (SSSR count). The van der Waals surface area contributed by atoms with Gasteiger partial charge in [-0.3, -0.25) is 14.6 Å². The summed E-state index contributed by atoms with van der Waals surface area (Å²) in [5.41, 5.74) is 2.43. The lowest BCUT2D eigenvalue weighted by molar-refractivity contribution is -0.141. The third-order valence-corrected chi connectivity index (χ3v) is 4.98. The van der Waals surface area contributed by atoms with E-state index >= 15 is 0 Å². The number of hydrogen-bond donors (Lipinski definition) is 1. The molecule has 0 fully saturated rings. The smallest absolute Gasteiger partial charge is 0.247 e. The first-order valence-corrected chi connectivity index (χ1v) is 10.3. The molecule has 31 heavy (non-hydrogen) atoms. The summed E-state index contributed by atoms with van der Waals surface area (Å²) in [6.45, 7) is 2.41. The summed E-state index contributed by atoms with van der Waals surface area (Å²) in [6, 6.07) is 21.7. The summed E-state index contributed by atoms with van der Waals surface area (Å²) >= 11 is 0. The van der Waals surface area contributed by atoms with E-state index in [2.05, 4.69) is 10.3 Å². The first-order valence-electron chi connectivity index (χ1n) is 10.3. The Morgan fingerprint density at radius 1 is 1.00 bits per heavy atom. The average Bonchev–Trinajstić information content (AvgIpc) is 2.83. The second kappa shape index (κ2) is 10.9. The Morgan fingerprint density at radius 2 is 1.71 bits per heavy atom. The third-order valence-electron chi connectivity index (χ3n) is 4.98. The maximum absolute atomic E-state index is 13.3. The molecule has 0 spiro atoms. The summed E-state index contributed by atoms with van der Waals surface area (Å²) in [5.74, 6) is 0.398. The van der Waals surface area contributed by atoms with E-state index in [0.717, 1.165) is 22.6 Å². The van der Waals surface area contributed by atoms with E-state index in [4.69, 9.17) is 4.74 Å². The van der Waals surface area contributed by atoms with Crippen LogP contribution in [0, 0.1) is 0 Å². The highest BCUT2D eigenvalue weighted by atomic mass is 16.5. The van der Waals surface area contributed by atoms with E-state index in [0.29, 0.717) is 19.5 Å². The number of carbonyl (C=O) groups is 2. The zero-order valence-electron chi connectivity index (χ0n) is 17.8. The van der Waals surface area contributed by atoms with E-state index in [9.17, 15) is 9.59 Å². The number of nitrogens with one attached hydrogen (secondary N) is 1. The van der Waals surface area contributed by atoms with Gasteiger partial charge in [0.25, 0.3) is 0 Å². The van der Waals surface area contributed by atoms with Crippen molar-refractivity contribution in [2.75, 3.05) is 7.11 Å². The number of pyridine rings is 1. The zero-order chi connectivity index (χ0) is 22.1. The lowest BCUT2D eigenvalue weighted by Gasteiger charge is -2.31. The number of methoxy groups -OCH3 is 1. The minimum absolute atomic E-state index is 0.0994. The van der Waals surface area contributed by atoms with Crippen LogP contribution in [0.3, 0.4) is 0 Å². The number of nitrogens with zero attached hydrogens (tertiary/aromatic N) is 2. The molecule has 1 N–H and O–H groups in total. The summed E-state index contributed by atoms with van der Waals surface area (Å²) in [4.78, 5) is 32.1. The van der Waals surface area contributed by atoms with E-state index < -0.39 is 6.04 Å². The average molecular weight is 418 g/mol. The van der Waals surface area contributed by atoms with Crippen molar-refractivity contribution in [3.8, 4) is 5.75 Å². The molecule has 6 heteroatoms. The molecule has 0 aliphatic carbocycles. The molecule has 0 saturated carbocycles. The Bertz CT molecular complexity index is 976. The number of hydrogen-bond acceptors (Lipinski definition) is 4. The van der Waals surface area contributed by atoms with E-state index in [1.165, 1.54) is 0 Å². The van der Waals surface area contributed by atoms with Crippen molar-refractivity contribution < 1.29 is 14.3 Å². The van der Waals surface area contributed by atoms with Gasteiger partial charge < -0.3 is 15.0 Å². The van der Waals surface area contributed by atoms with Gasteiger partial charge in [0.1, 0.15) is 11.8 Å². The molecule has 1 heterocycles. The third kappa shape index (κ3) is 5.92. The van der Waals surface area contributed by atoms with E-state index in [1.54, 1.807) is 25.1 Å². The van der Waals surface area contributed by atoms with Gasteiger partial charge >= 0.3 is 0 Å². The number of amides is 2. The molecule has 2 amide bonds. The van der Waals surface area contributed by atoms with Crippen LogP contribution >= 0.6 is 0 Å². The number of aromatic nitrogens is 1. The second-order valence-corrected chi connectivity index (χ2v) is 7.08. The largest absolute Gasteiger partial charge is 0.497 e. The second-order valence-electron chi connectivity index (χ2n) is 7.08. The van der Waals surface area contributed by atoms with E-state index in [1.807, 2.05) is 72.8 Å². The fourth-order valence-corrected chi connectivity index (χ4v) is 3.34. The van der Waals surface area contributed by atoms with Crippen LogP contribution in [0.1, 0.15) is 36.2 Å². The molecule has 2 aromatic carbocycles. The fourth-order valence-electron chi connectivity index (χ4n) is 3.34. The van der Waals surface area contributed by atoms with Crippen LogP contribution in [0.25, 0.3) is 0 Å². The van der Waals surface area contributed by atoms with Crippen LogP contribution in [-0.2, 0) is 22.7 Å². The van der Waals surface area contributed by atoms with Crippen molar-refractivity contribution in [1.82, 2.24) is 15.2 Å². The predicted molar refractivity (Wildman–Crippen MR) is 119 cm³/mol. The molecule has 3 aromatic rings. The first-order chi connectivity index (χ1) is 15.1. The summed E-state index contributed by atoms with van der Waals surface area (Å²) in [5, 5.41) is 2.95. The van der Waals surface area contributed by atoms with Gasteiger partial charge in [0.2, 0.25) is 11.8 Å². The van der Waals surface area contributed by atoms with Gasteiger partial charge in [-0.25, -0.2) is 0 Å². The SMILES string of the molecule is CCC(=O)N(Cc1ccc(OC)cc1)C(C(=O)NCc1ccccn1)c1ccccc1. The molecule has 1 unspecified atom stereocenters. The van der Waals surface area contributed by atoms with Crippen molar-refractivity contribution in [3.63, 3.8) is 0 Å². The van der Waals surface area contributed by atoms with Crippen LogP contribution in [-0.4, -0.2) is 28.8 Å². The number of ether oxygens (including phenoxy) is 1. The molecule has 0 aliphatic heterocycles. The van der Waals surface area contributed by atoms with Crippen LogP contribution in [0.15, 0.2) is 79.0 Å². The van der Waals surface area contributed by atoms with Gasteiger partial charge in [0.05, 0.1) is 19.3 Å². The summed E-state index contributed by atoms with van der Waals surface area (Å²) in [6.07, 6.45) is 1.99. The van der Waals surface area contributed by atoms with Gasteiger partial charge in [-0.15, -0.1) is 0 Å². The lowest BCUT2D eigenvalue weighted by Crippen LogP contribution is -2.43. The minimum atomic E-state index is -0.750. The number of rotatable bonds is 9. The van der Waals surface area contributed by atoms with Crippen molar-refractivity contribution in [3.05, 3.63) is 95.8 Å². The number of carbonyl (C=O) groups excluding carboxylic acids is 2. The monoisotopic (exact) mass is 417 g/mol. The Labute approximate surface area is 182 Å². The zero-order valence-corrected chi connectivity index (χ0v) is 17.8. The van der Waals surface area contributed by atoms with Gasteiger partial charge in [0, 0.05) is 19.2 Å². The first kappa shape index (κ1) is 22.0. The highest BCUT2D eigenvalue weighted by Gasteiger charge is 2.30. The maximum Gasteiger partial charge on any atom is 0.247 e. The Balaban J connectivity index is 1.89. The van der Waals surface area contributed by atoms with E-state index in [-0.39, 0.29) is 11.8 Å². The highest BCUT2D eigenvalue weighted by molar-refractivity contribution is 5.88. The predicted octanol–water partition coefficient (Wildman–Crippen LogP) is 3.89. The molecule has 1 atom stereocenters. The maximum atomic E-state index is 13.3. The standard InChI is InChI=1S/C25H27N3O3/c1-3-23(29)28(18-19-12-14-22(31-2)15-13-19)24(20-9-5-4-6-10-20)25(30)27-17-21-11-7-8-16-26-21/h4-16,24H,3,17-18H2,1-2H3,(H,27,30). The highest BCUT2D eigenvalue weighted by Crippen LogP contribution is 2.25.